The summed E-state index contributed by atoms with van der Waals surface area (Å²) in [6.45, 7) is 0.291. The molecule has 0 fully saturated rings. The smallest absolute Gasteiger partial charge is 0.238 e. The maximum atomic E-state index is 13.5. The SMILES string of the molecule is CN(C)CC(=O)Nc1cncc(-c2cc3c(-c4cc5c(-c6ccc(F)cc6)cccc5[nH]4)n[nH]c3cc2I)c1. The van der Waals surface area contributed by atoms with E-state index in [9.17, 15) is 9.18 Å². The van der Waals surface area contributed by atoms with Crippen LogP contribution in [0.2, 0.25) is 0 Å². The van der Waals surface area contributed by atoms with E-state index in [1.807, 2.05) is 43.3 Å². The van der Waals surface area contributed by atoms with E-state index >= 15 is 0 Å². The zero-order valence-electron chi connectivity index (χ0n) is 21.2. The van der Waals surface area contributed by atoms with Crippen molar-refractivity contribution in [3.05, 3.63) is 88.5 Å². The van der Waals surface area contributed by atoms with Gasteiger partial charge in [0.25, 0.3) is 0 Å². The molecule has 0 bridgehead atoms. The molecule has 0 aliphatic rings. The number of anilines is 1. The van der Waals surface area contributed by atoms with Gasteiger partial charge in [-0.05, 0) is 95.8 Å². The van der Waals surface area contributed by atoms with Crippen LogP contribution in [0.1, 0.15) is 0 Å². The Morgan fingerprint density at radius 3 is 2.56 bits per heavy atom. The molecule has 0 saturated carbocycles. The van der Waals surface area contributed by atoms with E-state index in [1.54, 1.807) is 24.5 Å². The average Bonchev–Trinajstić information content (AvgIpc) is 3.52. The lowest BCUT2D eigenvalue weighted by atomic mass is 10.0. The Morgan fingerprint density at radius 2 is 1.77 bits per heavy atom. The van der Waals surface area contributed by atoms with Crippen molar-refractivity contribution in [1.29, 1.82) is 0 Å². The minimum atomic E-state index is -0.259. The Kier molecular flexibility index (Phi) is 6.61. The van der Waals surface area contributed by atoms with Crippen molar-refractivity contribution in [3.8, 4) is 33.6 Å². The molecule has 3 aromatic carbocycles. The van der Waals surface area contributed by atoms with Crippen LogP contribution >= 0.6 is 22.6 Å². The molecule has 6 rings (SSSR count). The molecule has 0 aliphatic carbocycles. The Balaban J connectivity index is 1.41. The Bertz CT molecular complexity index is 1840. The molecule has 0 saturated heterocycles. The second-order valence-corrected chi connectivity index (χ2v) is 10.8. The summed E-state index contributed by atoms with van der Waals surface area (Å²) in [6.07, 6.45) is 3.44. The third-order valence-corrected chi connectivity index (χ3v) is 7.41. The highest BCUT2D eigenvalue weighted by atomic mass is 127. The van der Waals surface area contributed by atoms with Crippen molar-refractivity contribution in [3.63, 3.8) is 0 Å². The monoisotopic (exact) mass is 630 g/mol. The molecule has 0 aliphatic heterocycles. The van der Waals surface area contributed by atoms with E-state index in [4.69, 9.17) is 0 Å². The number of hydrogen-bond donors (Lipinski definition) is 3. The first kappa shape index (κ1) is 25.2. The molecule has 0 unspecified atom stereocenters. The maximum absolute atomic E-state index is 13.5. The van der Waals surface area contributed by atoms with Gasteiger partial charge >= 0.3 is 0 Å². The van der Waals surface area contributed by atoms with E-state index in [-0.39, 0.29) is 11.7 Å². The first-order valence-electron chi connectivity index (χ1n) is 12.3. The number of carbonyl (C=O) groups is 1. The van der Waals surface area contributed by atoms with Gasteiger partial charge in [-0.25, -0.2) is 4.39 Å². The molecule has 9 heteroatoms. The van der Waals surface area contributed by atoms with Crippen molar-refractivity contribution in [2.75, 3.05) is 26.0 Å². The average molecular weight is 630 g/mol. The molecular formula is C30H24FIN6O. The van der Waals surface area contributed by atoms with Crippen LogP contribution in [0.4, 0.5) is 10.1 Å². The molecular weight excluding hydrogens is 606 g/mol. The van der Waals surface area contributed by atoms with Crippen LogP contribution < -0.4 is 5.32 Å². The van der Waals surface area contributed by atoms with Crippen LogP contribution in [0, 0.1) is 9.39 Å². The third-order valence-electron chi connectivity index (χ3n) is 6.52. The predicted molar refractivity (Wildman–Crippen MR) is 162 cm³/mol. The number of carbonyl (C=O) groups excluding carboxylic acids is 1. The number of pyridine rings is 1. The molecule has 3 heterocycles. The van der Waals surface area contributed by atoms with E-state index in [2.05, 4.69) is 66.3 Å². The van der Waals surface area contributed by atoms with Crippen molar-refractivity contribution in [2.45, 2.75) is 0 Å². The number of benzene rings is 3. The molecule has 194 valence electrons. The van der Waals surface area contributed by atoms with Crippen molar-refractivity contribution in [1.82, 2.24) is 25.1 Å². The number of halogens is 2. The van der Waals surface area contributed by atoms with Crippen molar-refractivity contribution >= 4 is 56.0 Å². The molecule has 39 heavy (non-hydrogen) atoms. The molecule has 7 nitrogen and oxygen atoms in total. The summed E-state index contributed by atoms with van der Waals surface area (Å²) in [6, 6.07) is 20.8. The van der Waals surface area contributed by atoms with Crippen molar-refractivity contribution in [2.24, 2.45) is 0 Å². The van der Waals surface area contributed by atoms with E-state index in [0.717, 1.165) is 59.0 Å². The summed E-state index contributed by atoms with van der Waals surface area (Å²) in [5.74, 6) is -0.356. The van der Waals surface area contributed by atoms with Crippen molar-refractivity contribution < 1.29 is 9.18 Å². The third kappa shape index (κ3) is 5.02. The van der Waals surface area contributed by atoms with Gasteiger partial charge in [-0.15, -0.1) is 0 Å². The van der Waals surface area contributed by atoms with Gasteiger partial charge in [-0.2, -0.15) is 5.10 Å². The van der Waals surface area contributed by atoms with E-state index in [1.165, 1.54) is 12.1 Å². The minimum Gasteiger partial charge on any atom is -0.353 e. The zero-order chi connectivity index (χ0) is 27.1. The van der Waals surface area contributed by atoms with Gasteiger partial charge in [0.05, 0.1) is 29.6 Å². The molecule has 0 spiro atoms. The Labute approximate surface area is 237 Å². The topological polar surface area (TPSA) is 89.7 Å². The molecule has 1 amide bonds. The van der Waals surface area contributed by atoms with Crippen LogP contribution in [-0.2, 0) is 4.79 Å². The summed E-state index contributed by atoms with van der Waals surface area (Å²) in [7, 11) is 3.70. The number of aromatic nitrogens is 4. The second-order valence-electron chi connectivity index (χ2n) is 9.65. The number of nitrogens with one attached hydrogen (secondary N) is 3. The fourth-order valence-corrected chi connectivity index (χ4v) is 5.55. The first-order chi connectivity index (χ1) is 18.9. The van der Waals surface area contributed by atoms with Gasteiger partial charge in [0.15, 0.2) is 0 Å². The molecule has 3 N–H and O–H groups in total. The van der Waals surface area contributed by atoms with Gasteiger partial charge < -0.3 is 15.2 Å². The van der Waals surface area contributed by atoms with Gasteiger partial charge in [0, 0.05) is 31.6 Å². The first-order valence-corrected chi connectivity index (χ1v) is 13.4. The quantitative estimate of drug-likeness (QED) is 0.179. The van der Waals surface area contributed by atoms with Gasteiger partial charge in [-0.1, -0.05) is 24.3 Å². The summed E-state index contributed by atoms with van der Waals surface area (Å²) in [5.41, 5.74) is 8.06. The lowest BCUT2D eigenvalue weighted by Crippen LogP contribution is -2.27. The van der Waals surface area contributed by atoms with Gasteiger partial charge in [0.1, 0.15) is 11.5 Å². The number of likely N-dealkylation sites (N-methyl/N-ethyl adjacent to an activating group) is 1. The Morgan fingerprint density at radius 1 is 0.949 bits per heavy atom. The van der Waals surface area contributed by atoms with E-state index < -0.39 is 0 Å². The van der Waals surface area contributed by atoms with Crippen LogP contribution in [0.3, 0.4) is 0 Å². The summed E-state index contributed by atoms with van der Waals surface area (Å²) in [4.78, 5) is 22.0. The highest BCUT2D eigenvalue weighted by Gasteiger charge is 2.16. The fourth-order valence-electron chi connectivity index (χ4n) is 4.77. The van der Waals surface area contributed by atoms with Gasteiger partial charge in [-0.3, -0.25) is 14.9 Å². The number of amides is 1. The van der Waals surface area contributed by atoms with Crippen LogP contribution in [0.25, 0.3) is 55.4 Å². The summed E-state index contributed by atoms with van der Waals surface area (Å²) < 4.78 is 14.6. The van der Waals surface area contributed by atoms with Crippen LogP contribution in [0.5, 0.6) is 0 Å². The lowest BCUT2D eigenvalue weighted by Gasteiger charge is -2.11. The number of H-pyrrole nitrogens is 2. The molecule has 0 atom stereocenters. The van der Waals surface area contributed by atoms with Crippen LogP contribution in [0.15, 0.2) is 79.1 Å². The summed E-state index contributed by atoms with van der Waals surface area (Å²) in [5, 5.41) is 12.7. The molecule has 0 radical (unpaired) electrons. The standard InChI is InChI=1S/C30H24FIN6O/c1-38(2)16-29(39)34-20-10-18(14-33-15-20)22-11-24-27(13-25(22)32)36-37-30(24)28-12-23-21(4-3-5-26(23)35-28)17-6-8-19(31)9-7-17/h3-15,35H,16H2,1-2H3,(H,34,39)(H,36,37). The number of fused-ring (bicyclic) bond motifs is 2. The normalized spacial score (nSPS) is 11.5. The summed E-state index contributed by atoms with van der Waals surface area (Å²) >= 11 is 2.31. The molecule has 3 aromatic heterocycles. The highest BCUT2D eigenvalue weighted by molar-refractivity contribution is 14.1. The number of aromatic amines is 2. The lowest BCUT2D eigenvalue weighted by molar-refractivity contribution is -0.116. The zero-order valence-corrected chi connectivity index (χ0v) is 23.4. The Hall–Kier alpha value is -4.09. The largest absolute Gasteiger partial charge is 0.353 e. The molecule has 6 aromatic rings. The highest BCUT2D eigenvalue weighted by Crippen LogP contribution is 2.37. The number of nitrogens with zero attached hydrogens (tertiary/aromatic N) is 3. The number of rotatable bonds is 6. The minimum absolute atomic E-state index is 0.0972. The van der Waals surface area contributed by atoms with E-state index in [0.29, 0.717) is 12.2 Å². The maximum Gasteiger partial charge on any atom is 0.238 e. The second kappa shape index (κ2) is 10.2. The van der Waals surface area contributed by atoms with Gasteiger partial charge in [0.2, 0.25) is 5.91 Å². The number of hydrogen-bond acceptors (Lipinski definition) is 4. The predicted octanol–water partition coefficient (Wildman–Crippen LogP) is 6.68. The van der Waals surface area contributed by atoms with Crippen LogP contribution in [-0.4, -0.2) is 51.6 Å². The fraction of sp³-hybridized carbons (Fsp3) is 0.100.